The molecule has 5 heterocycles. The van der Waals surface area contributed by atoms with Crippen molar-refractivity contribution in [2.75, 3.05) is 17.2 Å². The number of aliphatic hydroxyl groups is 1. The summed E-state index contributed by atoms with van der Waals surface area (Å²) in [5, 5.41) is 26.0. The lowest BCUT2D eigenvalue weighted by atomic mass is 10.1. The van der Waals surface area contributed by atoms with E-state index in [4.69, 9.17) is 9.40 Å². The molecule has 12 heteroatoms. The van der Waals surface area contributed by atoms with E-state index < -0.39 is 6.04 Å². The first-order valence-electron chi connectivity index (χ1n) is 14.1. The third-order valence-electron chi connectivity index (χ3n) is 7.05. The summed E-state index contributed by atoms with van der Waals surface area (Å²) in [4.78, 5) is 26.6. The Hall–Kier alpha value is -5.62. The minimum atomic E-state index is -0.425. The van der Waals surface area contributed by atoms with Crippen molar-refractivity contribution < 1.29 is 9.52 Å². The molecule has 222 valence electrons. The zero-order valence-electron chi connectivity index (χ0n) is 24.3. The molecular formula is C32H31N9O3. The van der Waals surface area contributed by atoms with Gasteiger partial charge in [0.05, 0.1) is 41.4 Å². The molecule has 0 fully saturated rings. The Morgan fingerprint density at radius 2 is 1.84 bits per heavy atom. The number of fused-ring (bicyclic) bond motifs is 1. The van der Waals surface area contributed by atoms with Crippen LogP contribution in [0, 0.1) is 0 Å². The Labute approximate surface area is 252 Å². The standard InChI is InChI=1S/C32H31N9O3/c1-4-15-40-32(43)23-12-13-27(37-29(23)41(40)20(2)3)36-28-16-25(35-26(19-42)21-9-6-5-7-10-21)24(18-34-28)31-39-38-30(44-31)22-11-8-14-33-17-22/h4-14,16-18,20,26,42H,1,15,19H2,2-3H3,(H2,34,35,36,37)/t26-/m1/s1. The second-order valence-electron chi connectivity index (χ2n) is 10.4. The Morgan fingerprint density at radius 3 is 2.57 bits per heavy atom. The molecule has 0 aliphatic rings. The largest absolute Gasteiger partial charge is 0.416 e. The van der Waals surface area contributed by atoms with Crippen molar-refractivity contribution in [3.8, 4) is 22.9 Å². The Kier molecular flexibility index (Phi) is 7.98. The highest BCUT2D eigenvalue weighted by Gasteiger charge is 2.20. The molecule has 0 saturated heterocycles. The number of nitrogens with zero attached hydrogens (tertiary/aromatic N) is 7. The van der Waals surface area contributed by atoms with Gasteiger partial charge in [-0.15, -0.1) is 16.8 Å². The fraction of sp³-hybridized carbons (Fsp3) is 0.188. The summed E-state index contributed by atoms with van der Waals surface area (Å²) in [7, 11) is 0. The summed E-state index contributed by atoms with van der Waals surface area (Å²) in [5.41, 5.74) is 3.17. The molecule has 1 atom stereocenters. The van der Waals surface area contributed by atoms with Crippen LogP contribution in [0.5, 0.6) is 0 Å². The number of anilines is 3. The maximum atomic E-state index is 13.0. The van der Waals surface area contributed by atoms with Gasteiger partial charge in [-0.1, -0.05) is 36.4 Å². The molecule has 0 bridgehead atoms. The highest BCUT2D eigenvalue weighted by molar-refractivity contribution is 5.79. The van der Waals surface area contributed by atoms with Crippen LogP contribution in [0.1, 0.15) is 31.5 Å². The van der Waals surface area contributed by atoms with Crippen molar-refractivity contribution in [2.24, 2.45) is 0 Å². The molecule has 0 unspecified atom stereocenters. The van der Waals surface area contributed by atoms with Crippen LogP contribution in [0.4, 0.5) is 17.3 Å². The minimum Gasteiger partial charge on any atom is -0.416 e. The van der Waals surface area contributed by atoms with Gasteiger partial charge in [-0.05, 0) is 43.7 Å². The van der Waals surface area contributed by atoms with Crippen molar-refractivity contribution in [1.29, 1.82) is 0 Å². The predicted molar refractivity (Wildman–Crippen MR) is 169 cm³/mol. The van der Waals surface area contributed by atoms with Gasteiger partial charge in [0.1, 0.15) is 11.6 Å². The first kappa shape index (κ1) is 28.5. The molecular weight excluding hydrogens is 558 g/mol. The lowest BCUT2D eigenvalue weighted by Gasteiger charge is -2.20. The minimum absolute atomic E-state index is 0.00419. The molecule has 6 rings (SSSR count). The number of benzene rings is 1. The third kappa shape index (κ3) is 5.57. The first-order chi connectivity index (χ1) is 21.5. The van der Waals surface area contributed by atoms with Crippen molar-refractivity contribution in [3.63, 3.8) is 0 Å². The smallest absolute Gasteiger partial charge is 0.276 e. The summed E-state index contributed by atoms with van der Waals surface area (Å²) in [5.74, 6) is 1.55. The van der Waals surface area contributed by atoms with Crippen LogP contribution in [0.15, 0.2) is 101 Å². The highest BCUT2D eigenvalue weighted by Crippen LogP contribution is 2.33. The molecule has 0 amide bonds. The van der Waals surface area contributed by atoms with E-state index in [-0.39, 0.29) is 24.1 Å². The summed E-state index contributed by atoms with van der Waals surface area (Å²) in [6.45, 7) is 8.00. The first-order valence-corrected chi connectivity index (χ1v) is 14.1. The SMILES string of the molecule is C=CCn1c(=O)c2ccc(Nc3cc(N[C@H](CO)c4ccccc4)c(-c4nnc(-c5cccnc5)o4)cn3)nc2n1C(C)C. The van der Waals surface area contributed by atoms with Gasteiger partial charge in [0.25, 0.3) is 11.4 Å². The Bertz CT molecular complexity index is 1960. The second-order valence-corrected chi connectivity index (χ2v) is 10.4. The molecule has 0 spiro atoms. The second kappa shape index (κ2) is 12.3. The van der Waals surface area contributed by atoms with Crippen molar-refractivity contribution in [3.05, 3.63) is 108 Å². The summed E-state index contributed by atoms with van der Waals surface area (Å²) in [6.07, 6.45) is 6.62. The van der Waals surface area contributed by atoms with Crippen LogP contribution in [-0.2, 0) is 6.54 Å². The average molecular weight is 590 g/mol. The number of pyridine rings is 3. The molecule has 0 aliphatic heterocycles. The van der Waals surface area contributed by atoms with E-state index in [1.54, 1.807) is 53.6 Å². The molecule has 0 saturated carbocycles. The van der Waals surface area contributed by atoms with Crippen molar-refractivity contribution in [2.45, 2.75) is 32.5 Å². The number of nitrogens with one attached hydrogen (secondary N) is 2. The molecule has 44 heavy (non-hydrogen) atoms. The van der Waals surface area contributed by atoms with Crippen molar-refractivity contribution in [1.82, 2.24) is 34.5 Å². The average Bonchev–Trinajstić information content (AvgIpc) is 3.64. The zero-order valence-corrected chi connectivity index (χ0v) is 24.3. The lowest BCUT2D eigenvalue weighted by Crippen LogP contribution is -2.23. The number of hydrogen-bond acceptors (Lipinski definition) is 10. The van der Waals surface area contributed by atoms with E-state index in [0.29, 0.717) is 51.9 Å². The summed E-state index contributed by atoms with van der Waals surface area (Å²) in [6, 6.07) is 18.1. The molecule has 0 aliphatic carbocycles. The van der Waals surface area contributed by atoms with Crippen LogP contribution < -0.4 is 16.2 Å². The monoisotopic (exact) mass is 589 g/mol. The number of rotatable bonds is 11. The van der Waals surface area contributed by atoms with E-state index in [0.717, 1.165) is 5.56 Å². The van der Waals surface area contributed by atoms with E-state index >= 15 is 0 Å². The van der Waals surface area contributed by atoms with Gasteiger partial charge in [0.15, 0.2) is 5.65 Å². The van der Waals surface area contributed by atoms with Crippen molar-refractivity contribution >= 4 is 28.4 Å². The fourth-order valence-electron chi connectivity index (χ4n) is 5.02. The number of aliphatic hydroxyl groups excluding tert-OH is 1. The maximum Gasteiger partial charge on any atom is 0.276 e. The molecule has 1 aromatic carbocycles. The van der Waals surface area contributed by atoms with Crippen LogP contribution >= 0.6 is 0 Å². The number of hydrogen-bond donors (Lipinski definition) is 3. The van der Waals surface area contributed by atoms with E-state index in [1.165, 1.54) is 0 Å². The van der Waals surface area contributed by atoms with Crippen LogP contribution in [0.3, 0.4) is 0 Å². The van der Waals surface area contributed by atoms with Gasteiger partial charge < -0.3 is 20.2 Å². The summed E-state index contributed by atoms with van der Waals surface area (Å²) >= 11 is 0. The maximum absolute atomic E-state index is 13.0. The van der Waals surface area contributed by atoms with Gasteiger partial charge in [-0.3, -0.25) is 14.5 Å². The Balaban J connectivity index is 1.39. The molecule has 5 aromatic heterocycles. The van der Waals surface area contributed by atoms with Gasteiger partial charge in [0.2, 0.25) is 5.89 Å². The molecule has 3 N–H and O–H groups in total. The highest BCUT2D eigenvalue weighted by atomic mass is 16.4. The van der Waals surface area contributed by atoms with Crippen LogP contribution in [0.25, 0.3) is 33.9 Å². The van der Waals surface area contributed by atoms with Gasteiger partial charge in [0, 0.05) is 30.7 Å². The van der Waals surface area contributed by atoms with Gasteiger partial charge in [-0.2, -0.15) is 0 Å². The number of allylic oxidation sites excluding steroid dienone is 1. The molecule has 6 aromatic rings. The summed E-state index contributed by atoms with van der Waals surface area (Å²) < 4.78 is 9.52. The van der Waals surface area contributed by atoms with E-state index in [9.17, 15) is 9.90 Å². The number of aromatic nitrogens is 7. The van der Waals surface area contributed by atoms with E-state index in [2.05, 4.69) is 37.4 Å². The lowest BCUT2D eigenvalue weighted by molar-refractivity contribution is 0.276. The van der Waals surface area contributed by atoms with Gasteiger partial charge in [-0.25, -0.2) is 14.6 Å². The fourth-order valence-corrected chi connectivity index (χ4v) is 5.02. The third-order valence-corrected chi connectivity index (χ3v) is 7.05. The van der Waals surface area contributed by atoms with Crippen LogP contribution in [0.2, 0.25) is 0 Å². The van der Waals surface area contributed by atoms with E-state index in [1.807, 2.05) is 54.9 Å². The topological polar surface area (TPSA) is 149 Å². The zero-order chi connectivity index (χ0) is 30.6. The normalized spacial score (nSPS) is 12.0. The quantitative estimate of drug-likeness (QED) is 0.169. The Morgan fingerprint density at radius 1 is 1.02 bits per heavy atom. The molecule has 0 radical (unpaired) electrons. The predicted octanol–water partition coefficient (Wildman–Crippen LogP) is 5.36. The van der Waals surface area contributed by atoms with Crippen LogP contribution in [-0.4, -0.2) is 46.2 Å². The molecule has 12 nitrogen and oxygen atoms in total. The van der Waals surface area contributed by atoms with Gasteiger partial charge >= 0.3 is 0 Å².